The van der Waals surface area contributed by atoms with Crippen LogP contribution >= 0.6 is 0 Å². The molecule has 0 bridgehead atoms. The van der Waals surface area contributed by atoms with E-state index in [0.29, 0.717) is 23.5 Å². The fraction of sp³-hybridized carbons (Fsp3) is 0.333. The topological polar surface area (TPSA) is 98.1 Å². The number of aryl methyl sites for hydroxylation is 1. The molecule has 0 unspecified atom stereocenters. The lowest BCUT2D eigenvalue weighted by atomic mass is 10.2. The Morgan fingerprint density at radius 3 is 2.73 bits per heavy atom. The lowest BCUT2D eigenvalue weighted by Gasteiger charge is -2.00. The molecule has 1 aromatic carbocycles. The Morgan fingerprint density at radius 1 is 1.36 bits per heavy atom. The van der Waals surface area contributed by atoms with Gasteiger partial charge in [0.2, 0.25) is 0 Å². The second kappa shape index (κ2) is 6.84. The average Bonchev–Trinajstić information content (AvgIpc) is 2.92. The summed E-state index contributed by atoms with van der Waals surface area (Å²) in [7, 11) is 0. The Balaban J connectivity index is 2.51. The number of hydrogen-bond donors (Lipinski definition) is 1. The highest BCUT2D eigenvalue weighted by molar-refractivity contribution is 5.89. The van der Waals surface area contributed by atoms with Crippen LogP contribution < -0.4 is 0 Å². The maximum absolute atomic E-state index is 12.0. The number of nitro benzene ring substituents is 1. The molecule has 2 aromatic rings. The molecule has 0 saturated carbocycles. The van der Waals surface area contributed by atoms with E-state index in [1.807, 2.05) is 6.92 Å². The predicted octanol–water partition coefficient (Wildman–Crippen LogP) is 3.11. The largest absolute Gasteiger partial charge is 0.461 e. The summed E-state index contributed by atoms with van der Waals surface area (Å²) in [6.07, 6.45) is 1.42. The second-order valence-corrected chi connectivity index (χ2v) is 4.66. The summed E-state index contributed by atoms with van der Waals surface area (Å²) in [5.74, 6) is -0.217. The van der Waals surface area contributed by atoms with Gasteiger partial charge in [-0.1, -0.05) is 25.5 Å². The normalized spacial score (nSPS) is 10.5. The monoisotopic (exact) mass is 303 g/mol. The minimum Gasteiger partial charge on any atom is -0.461 e. The maximum Gasteiger partial charge on any atom is 0.358 e. The molecule has 1 N–H and O–H groups in total. The molecule has 0 radical (unpaired) electrons. The molecular weight excluding hydrogens is 286 g/mol. The van der Waals surface area contributed by atoms with Crippen LogP contribution in [0.3, 0.4) is 0 Å². The molecule has 1 heterocycles. The first-order valence-electron chi connectivity index (χ1n) is 7.08. The van der Waals surface area contributed by atoms with Crippen molar-refractivity contribution in [2.24, 2.45) is 0 Å². The summed E-state index contributed by atoms with van der Waals surface area (Å²) in [5, 5.41) is 11.1. The van der Waals surface area contributed by atoms with Crippen molar-refractivity contribution in [2.75, 3.05) is 6.61 Å². The molecular formula is C15H17N3O4. The van der Waals surface area contributed by atoms with Gasteiger partial charge < -0.3 is 9.72 Å². The Hall–Kier alpha value is -2.70. The minimum atomic E-state index is -0.521. The molecule has 0 aliphatic heterocycles. The van der Waals surface area contributed by atoms with E-state index in [-0.39, 0.29) is 18.0 Å². The number of esters is 1. The van der Waals surface area contributed by atoms with Crippen LogP contribution in [0.1, 0.15) is 36.5 Å². The van der Waals surface area contributed by atoms with Gasteiger partial charge in [0.15, 0.2) is 5.69 Å². The van der Waals surface area contributed by atoms with Crippen molar-refractivity contribution in [2.45, 2.75) is 26.7 Å². The first kappa shape index (κ1) is 15.7. The highest BCUT2D eigenvalue weighted by Crippen LogP contribution is 2.28. The van der Waals surface area contributed by atoms with Crippen molar-refractivity contribution in [1.82, 2.24) is 9.97 Å². The van der Waals surface area contributed by atoms with E-state index < -0.39 is 10.9 Å². The highest BCUT2D eigenvalue weighted by Gasteiger charge is 2.22. The number of benzene rings is 1. The number of aromatic nitrogens is 2. The second-order valence-electron chi connectivity index (χ2n) is 4.66. The van der Waals surface area contributed by atoms with Crippen LogP contribution in [0.5, 0.6) is 0 Å². The Labute approximate surface area is 127 Å². The lowest BCUT2D eigenvalue weighted by molar-refractivity contribution is -0.384. The summed E-state index contributed by atoms with van der Waals surface area (Å²) in [5.41, 5.74) is 1.11. The first-order valence-corrected chi connectivity index (χ1v) is 7.08. The van der Waals surface area contributed by atoms with Gasteiger partial charge in [0, 0.05) is 11.8 Å². The molecule has 7 nitrogen and oxygen atoms in total. The molecule has 0 spiro atoms. The third-order valence-corrected chi connectivity index (χ3v) is 3.10. The Bertz CT molecular complexity index is 694. The molecule has 0 aliphatic carbocycles. The molecule has 1 aromatic heterocycles. The van der Waals surface area contributed by atoms with Crippen molar-refractivity contribution in [1.29, 1.82) is 0 Å². The molecule has 0 saturated heterocycles. The fourth-order valence-corrected chi connectivity index (χ4v) is 2.17. The number of hydrogen-bond acceptors (Lipinski definition) is 5. The van der Waals surface area contributed by atoms with Gasteiger partial charge in [-0.3, -0.25) is 10.1 Å². The van der Waals surface area contributed by atoms with Gasteiger partial charge in [0.1, 0.15) is 5.82 Å². The summed E-state index contributed by atoms with van der Waals surface area (Å²) in [6, 6.07) is 6.28. The third-order valence-electron chi connectivity index (χ3n) is 3.10. The number of para-hydroxylation sites is 1. The van der Waals surface area contributed by atoms with Gasteiger partial charge in [0.25, 0.3) is 5.69 Å². The van der Waals surface area contributed by atoms with Crippen molar-refractivity contribution >= 4 is 11.7 Å². The van der Waals surface area contributed by atoms with Gasteiger partial charge in [0.05, 0.1) is 17.1 Å². The zero-order valence-electron chi connectivity index (χ0n) is 12.5. The van der Waals surface area contributed by atoms with Crippen LogP contribution in [-0.4, -0.2) is 27.5 Å². The highest BCUT2D eigenvalue weighted by atomic mass is 16.6. The molecule has 22 heavy (non-hydrogen) atoms. The van der Waals surface area contributed by atoms with Gasteiger partial charge in [-0.15, -0.1) is 0 Å². The number of nitro groups is 1. The molecule has 0 amide bonds. The van der Waals surface area contributed by atoms with E-state index in [0.717, 1.165) is 6.42 Å². The van der Waals surface area contributed by atoms with Gasteiger partial charge in [-0.2, -0.15) is 0 Å². The first-order chi connectivity index (χ1) is 10.6. The Kier molecular flexibility index (Phi) is 4.88. The number of rotatable bonds is 6. The number of carbonyl (C=O) groups is 1. The number of imidazole rings is 1. The van der Waals surface area contributed by atoms with Crippen LogP contribution in [0.2, 0.25) is 0 Å². The predicted molar refractivity (Wildman–Crippen MR) is 80.6 cm³/mol. The smallest absolute Gasteiger partial charge is 0.358 e. The van der Waals surface area contributed by atoms with Crippen molar-refractivity contribution in [3.8, 4) is 11.4 Å². The minimum absolute atomic E-state index is 0.0605. The number of aromatic amines is 1. The van der Waals surface area contributed by atoms with Crippen LogP contribution in [0.15, 0.2) is 24.3 Å². The van der Waals surface area contributed by atoms with Crippen LogP contribution in [-0.2, 0) is 11.2 Å². The molecule has 116 valence electrons. The number of ether oxygens (including phenoxy) is 1. The van der Waals surface area contributed by atoms with E-state index in [4.69, 9.17) is 4.74 Å². The number of carbonyl (C=O) groups excluding carboxylic acids is 1. The fourth-order valence-electron chi connectivity index (χ4n) is 2.17. The average molecular weight is 303 g/mol. The Morgan fingerprint density at radius 2 is 2.09 bits per heavy atom. The molecule has 2 rings (SSSR count). The van der Waals surface area contributed by atoms with E-state index in [1.54, 1.807) is 25.1 Å². The standard InChI is InChI=1S/C15H17N3O4/c1-3-7-11-13(15(19)22-4-2)17-14(16-11)10-8-5-6-9-12(10)18(20)21/h5-6,8-9H,3-4,7H2,1-2H3,(H,16,17). The van der Waals surface area contributed by atoms with E-state index in [1.165, 1.54) is 6.07 Å². The molecule has 7 heteroatoms. The number of nitrogens with zero attached hydrogens (tertiary/aromatic N) is 2. The zero-order chi connectivity index (χ0) is 16.1. The lowest BCUT2D eigenvalue weighted by Crippen LogP contribution is -2.08. The summed E-state index contributed by atoms with van der Waals surface area (Å²) < 4.78 is 4.99. The van der Waals surface area contributed by atoms with E-state index in [9.17, 15) is 14.9 Å². The summed E-state index contributed by atoms with van der Waals surface area (Å²) in [6.45, 7) is 3.94. The SMILES string of the molecule is CCCc1[nH]c(-c2ccccc2[N+](=O)[O-])nc1C(=O)OCC. The van der Waals surface area contributed by atoms with Crippen molar-refractivity contribution in [3.05, 3.63) is 45.8 Å². The molecule has 0 atom stereocenters. The maximum atomic E-state index is 12.0. The van der Waals surface area contributed by atoms with Crippen molar-refractivity contribution in [3.63, 3.8) is 0 Å². The van der Waals surface area contributed by atoms with Crippen LogP contribution in [0, 0.1) is 10.1 Å². The van der Waals surface area contributed by atoms with Crippen LogP contribution in [0.25, 0.3) is 11.4 Å². The summed E-state index contributed by atoms with van der Waals surface area (Å²) in [4.78, 5) is 29.9. The molecule has 0 aliphatic rings. The van der Waals surface area contributed by atoms with Gasteiger partial charge in [-0.25, -0.2) is 9.78 Å². The number of H-pyrrole nitrogens is 1. The molecule has 0 fully saturated rings. The van der Waals surface area contributed by atoms with Crippen molar-refractivity contribution < 1.29 is 14.5 Å². The van der Waals surface area contributed by atoms with Gasteiger partial charge in [-0.05, 0) is 19.4 Å². The quantitative estimate of drug-likeness (QED) is 0.502. The zero-order valence-corrected chi connectivity index (χ0v) is 12.5. The van der Waals surface area contributed by atoms with E-state index >= 15 is 0 Å². The summed E-state index contributed by atoms with van der Waals surface area (Å²) >= 11 is 0. The third kappa shape index (κ3) is 3.13. The van der Waals surface area contributed by atoms with Gasteiger partial charge >= 0.3 is 5.97 Å². The van der Waals surface area contributed by atoms with E-state index in [2.05, 4.69) is 9.97 Å². The number of nitrogens with one attached hydrogen (secondary N) is 1. The van der Waals surface area contributed by atoms with Crippen LogP contribution in [0.4, 0.5) is 5.69 Å².